The average Bonchev–Trinajstić information content (AvgIpc) is 3.13. The van der Waals surface area contributed by atoms with Crippen LogP contribution in [-0.2, 0) is 28.1 Å². The summed E-state index contributed by atoms with van der Waals surface area (Å²) in [6.45, 7) is 19.8. The van der Waals surface area contributed by atoms with Crippen molar-refractivity contribution < 1.29 is 28.1 Å². The van der Waals surface area contributed by atoms with Crippen LogP contribution in [0.1, 0.15) is 79.6 Å². The Hall–Kier alpha value is -0.0231. The minimum absolute atomic E-state index is 0.0402. The summed E-state index contributed by atoms with van der Waals surface area (Å²) in [5.41, 5.74) is -0.0165. The first-order valence-corrected chi connectivity index (χ1v) is 17.6. The SMILES string of the molecule is CC(C)(C)[Si](C)(C)O[C@@H]1[C@H]2[C@@H]3CCC4(OCCO4)[C@@]3(C)CC[C@@H]2[C@@]2(C)CCC3(C[C@@]24O[C@@H]14)OCCO3. The zero-order chi connectivity index (χ0) is 25.4. The normalized spacial score (nSPS) is 50.6. The lowest BCUT2D eigenvalue weighted by Gasteiger charge is -2.62. The summed E-state index contributed by atoms with van der Waals surface area (Å²) in [7, 11) is -2.02. The van der Waals surface area contributed by atoms with Crippen LogP contribution in [0.15, 0.2) is 0 Å². The van der Waals surface area contributed by atoms with Gasteiger partial charge in [0.25, 0.3) is 0 Å². The van der Waals surface area contributed by atoms with Crippen LogP contribution in [0, 0.1) is 28.6 Å². The van der Waals surface area contributed by atoms with E-state index in [9.17, 15) is 0 Å². The first-order valence-electron chi connectivity index (χ1n) is 14.7. The minimum Gasteiger partial charge on any atom is -0.411 e. The highest BCUT2D eigenvalue weighted by atomic mass is 28.4. The van der Waals surface area contributed by atoms with Gasteiger partial charge in [0, 0.05) is 30.1 Å². The van der Waals surface area contributed by atoms with Crippen LogP contribution in [0.25, 0.3) is 0 Å². The number of hydrogen-bond acceptors (Lipinski definition) is 6. The van der Waals surface area contributed by atoms with Crippen molar-refractivity contribution in [1.82, 2.24) is 0 Å². The van der Waals surface area contributed by atoms with Gasteiger partial charge in [-0.3, -0.25) is 0 Å². The van der Waals surface area contributed by atoms with E-state index in [0.717, 1.165) is 38.9 Å². The zero-order valence-electron chi connectivity index (χ0n) is 23.6. The molecule has 4 saturated carbocycles. The minimum atomic E-state index is -2.02. The highest BCUT2D eigenvalue weighted by Gasteiger charge is 2.82. The van der Waals surface area contributed by atoms with E-state index in [1.165, 1.54) is 19.3 Å². The largest absolute Gasteiger partial charge is 0.411 e. The molecule has 0 radical (unpaired) electrons. The van der Waals surface area contributed by atoms with Gasteiger partial charge in [0.15, 0.2) is 19.9 Å². The van der Waals surface area contributed by atoms with Crippen molar-refractivity contribution in [3.05, 3.63) is 0 Å². The predicted octanol–water partition coefficient (Wildman–Crippen LogP) is 5.65. The smallest absolute Gasteiger partial charge is 0.192 e. The number of epoxide rings is 1. The van der Waals surface area contributed by atoms with Gasteiger partial charge in [-0.15, -0.1) is 0 Å². The van der Waals surface area contributed by atoms with Crippen molar-refractivity contribution in [2.45, 2.75) is 127 Å². The molecule has 0 bridgehead atoms. The third-order valence-electron chi connectivity index (χ3n) is 12.9. The third kappa shape index (κ3) is 2.95. The summed E-state index contributed by atoms with van der Waals surface area (Å²) >= 11 is 0. The van der Waals surface area contributed by atoms with Gasteiger partial charge in [-0.2, -0.15) is 0 Å². The highest BCUT2D eigenvalue weighted by molar-refractivity contribution is 6.74. The fraction of sp³-hybridized carbons (Fsp3) is 1.00. The molecule has 3 spiro atoms. The molecule has 7 heteroatoms. The van der Waals surface area contributed by atoms with Crippen LogP contribution in [-0.4, -0.2) is 64.1 Å². The first kappa shape index (κ1) is 25.0. The van der Waals surface area contributed by atoms with Crippen LogP contribution in [0.5, 0.6) is 0 Å². The first-order chi connectivity index (χ1) is 16.8. The Bertz CT molecular complexity index is 919. The second-order valence-electron chi connectivity index (χ2n) is 15.2. The third-order valence-corrected chi connectivity index (χ3v) is 17.4. The molecule has 0 aromatic heterocycles. The van der Waals surface area contributed by atoms with Crippen molar-refractivity contribution in [1.29, 1.82) is 0 Å². The Labute approximate surface area is 218 Å². The maximum Gasteiger partial charge on any atom is 0.192 e. The Kier molecular flexibility index (Phi) is 5.12. The number of hydrogen-bond donors (Lipinski definition) is 0. The molecule has 7 fully saturated rings. The zero-order valence-corrected chi connectivity index (χ0v) is 24.6. The van der Waals surface area contributed by atoms with Crippen LogP contribution in [0.4, 0.5) is 0 Å². The molecule has 0 N–H and O–H groups in total. The van der Waals surface area contributed by atoms with Gasteiger partial charge in [-0.1, -0.05) is 34.6 Å². The fourth-order valence-electron chi connectivity index (χ4n) is 9.86. The molecule has 4 aliphatic carbocycles. The van der Waals surface area contributed by atoms with Gasteiger partial charge in [0.2, 0.25) is 0 Å². The van der Waals surface area contributed by atoms with Crippen LogP contribution >= 0.6 is 0 Å². The summed E-state index contributed by atoms with van der Waals surface area (Å²) < 4.78 is 39.9. The lowest BCUT2D eigenvalue weighted by atomic mass is 9.44. The van der Waals surface area contributed by atoms with E-state index in [-0.39, 0.29) is 33.7 Å². The number of ether oxygens (including phenoxy) is 5. The molecule has 7 aliphatic rings. The van der Waals surface area contributed by atoms with E-state index in [4.69, 9.17) is 28.1 Å². The van der Waals surface area contributed by atoms with Gasteiger partial charge < -0.3 is 28.1 Å². The van der Waals surface area contributed by atoms with E-state index in [1.807, 2.05) is 0 Å². The Morgan fingerprint density at radius 3 is 2.06 bits per heavy atom. The molecule has 8 atom stereocenters. The maximum atomic E-state index is 7.46. The van der Waals surface area contributed by atoms with E-state index < -0.39 is 19.9 Å². The van der Waals surface area contributed by atoms with Gasteiger partial charge in [0.05, 0.1) is 32.5 Å². The molecule has 36 heavy (non-hydrogen) atoms. The van der Waals surface area contributed by atoms with Gasteiger partial charge >= 0.3 is 0 Å². The molecule has 6 nitrogen and oxygen atoms in total. The van der Waals surface area contributed by atoms with Crippen LogP contribution < -0.4 is 0 Å². The summed E-state index contributed by atoms with van der Waals surface area (Å²) in [6, 6.07) is 0. The summed E-state index contributed by atoms with van der Waals surface area (Å²) in [5.74, 6) is 0.758. The molecule has 7 rings (SSSR count). The van der Waals surface area contributed by atoms with Crippen molar-refractivity contribution in [2.24, 2.45) is 28.6 Å². The molecule has 3 heterocycles. The number of rotatable bonds is 2. The molecule has 0 unspecified atom stereocenters. The average molecular weight is 521 g/mol. The van der Waals surface area contributed by atoms with Crippen LogP contribution in [0.2, 0.25) is 18.1 Å². The fourth-order valence-corrected chi connectivity index (χ4v) is 11.2. The molecular weight excluding hydrogens is 472 g/mol. The molecule has 204 valence electrons. The molecule has 3 saturated heterocycles. The quantitative estimate of drug-likeness (QED) is 0.347. The van der Waals surface area contributed by atoms with E-state index in [1.54, 1.807) is 0 Å². The van der Waals surface area contributed by atoms with E-state index in [2.05, 4.69) is 47.7 Å². The lowest BCUT2D eigenvalue weighted by molar-refractivity contribution is -0.260. The summed E-state index contributed by atoms with van der Waals surface area (Å²) in [6.07, 6.45) is 7.76. The second kappa shape index (κ2) is 7.38. The lowest BCUT2D eigenvalue weighted by Crippen LogP contribution is -2.67. The van der Waals surface area contributed by atoms with Crippen LogP contribution in [0.3, 0.4) is 0 Å². The second-order valence-corrected chi connectivity index (χ2v) is 20.0. The monoisotopic (exact) mass is 520 g/mol. The molecular formula is C29H48O6Si. The molecule has 0 amide bonds. The summed E-state index contributed by atoms with van der Waals surface area (Å²) in [4.78, 5) is 0. The van der Waals surface area contributed by atoms with Crippen molar-refractivity contribution in [3.63, 3.8) is 0 Å². The molecule has 0 aromatic rings. The van der Waals surface area contributed by atoms with Gasteiger partial charge in [-0.25, -0.2) is 0 Å². The Balaban J connectivity index is 1.30. The molecule has 3 aliphatic heterocycles. The maximum absolute atomic E-state index is 7.46. The molecule has 0 aromatic carbocycles. The van der Waals surface area contributed by atoms with Crippen molar-refractivity contribution in [2.75, 3.05) is 26.4 Å². The predicted molar refractivity (Wildman–Crippen MR) is 138 cm³/mol. The number of fused-ring (bicyclic) bond motifs is 5. The Morgan fingerprint density at radius 2 is 1.39 bits per heavy atom. The van der Waals surface area contributed by atoms with Gasteiger partial charge in [0.1, 0.15) is 11.7 Å². The topological polar surface area (TPSA) is 58.7 Å². The van der Waals surface area contributed by atoms with Crippen molar-refractivity contribution in [3.8, 4) is 0 Å². The Morgan fingerprint density at radius 1 is 0.778 bits per heavy atom. The standard InChI is InChI=1S/C29H48O6Si/c1-24(2,3)36(6,7)35-22-21-19(8-10-26(5)20(21)9-11-29(26)32-16-17-33-29)25(4)12-13-27(30-14-15-31-27)18-28(25)23(22)34-28/h19-23H,8-18H2,1-7H3/t19-,20-,21+,22+,23-,25+,26-,28-/m0/s1. The van der Waals surface area contributed by atoms with E-state index >= 15 is 0 Å². The highest BCUT2D eigenvalue weighted by Crippen LogP contribution is 2.76. The summed E-state index contributed by atoms with van der Waals surface area (Å²) in [5, 5.41) is 0.156. The van der Waals surface area contributed by atoms with Crippen molar-refractivity contribution >= 4 is 8.32 Å². The van der Waals surface area contributed by atoms with Gasteiger partial charge in [-0.05, 0) is 61.6 Å². The van der Waals surface area contributed by atoms with E-state index in [0.29, 0.717) is 31.0 Å².